The van der Waals surface area contributed by atoms with Crippen LogP contribution in [-0.4, -0.2) is 28.2 Å². The van der Waals surface area contributed by atoms with E-state index in [2.05, 4.69) is 12.2 Å². The molecule has 1 unspecified atom stereocenters. The minimum absolute atomic E-state index is 0.0769. The number of nitrogens with zero attached hydrogens (tertiary/aromatic N) is 1. The Labute approximate surface area is 163 Å². The number of anilines is 1. The lowest BCUT2D eigenvalue weighted by molar-refractivity contribution is 0.0695. The maximum atomic E-state index is 14.6. The Hall–Kier alpha value is -2.41. The van der Waals surface area contributed by atoms with Crippen LogP contribution in [0.1, 0.15) is 68.3 Å². The summed E-state index contributed by atoms with van der Waals surface area (Å²) >= 11 is 0. The van der Waals surface area contributed by atoms with E-state index in [0.29, 0.717) is 12.1 Å². The number of nitrogens with two attached hydrogens (primary N) is 1. The van der Waals surface area contributed by atoms with Gasteiger partial charge in [-0.25, -0.2) is 9.18 Å². The predicted octanol–water partition coefficient (Wildman–Crippen LogP) is 3.88. The molecule has 0 radical (unpaired) electrons. The molecule has 0 spiro atoms. The molecular formula is C21H28FN3O3. The van der Waals surface area contributed by atoms with E-state index in [4.69, 9.17) is 5.73 Å². The number of hydrogen-bond donors (Lipinski definition) is 3. The summed E-state index contributed by atoms with van der Waals surface area (Å²) in [4.78, 5) is 23.8. The van der Waals surface area contributed by atoms with Gasteiger partial charge in [0, 0.05) is 30.2 Å². The number of rotatable bonds is 10. The average molecular weight is 389 g/mol. The normalized spacial score (nSPS) is 15.0. The van der Waals surface area contributed by atoms with E-state index in [9.17, 15) is 19.1 Å². The first-order valence-corrected chi connectivity index (χ1v) is 10.0. The fourth-order valence-electron chi connectivity index (χ4n) is 3.49. The highest BCUT2D eigenvalue weighted by Gasteiger charge is 2.27. The fraction of sp³-hybridized carbons (Fsp3) is 0.524. The molecular weight excluding hydrogens is 361 g/mol. The van der Waals surface area contributed by atoms with Gasteiger partial charge in [0.05, 0.1) is 11.2 Å². The Morgan fingerprint density at radius 3 is 2.75 bits per heavy atom. The van der Waals surface area contributed by atoms with E-state index in [-0.39, 0.29) is 28.7 Å². The molecule has 0 amide bonds. The molecule has 7 heteroatoms. The highest BCUT2D eigenvalue weighted by atomic mass is 19.1. The summed E-state index contributed by atoms with van der Waals surface area (Å²) in [5, 5.41) is 12.4. The van der Waals surface area contributed by atoms with Crippen molar-refractivity contribution in [1.82, 2.24) is 4.57 Å². The van der Waals surface area contributed by atoms with Gasteiger partial charge in [-0.05, 0) is 31.4 Å². The molecule has 152 valence electrons. The maximum absolute atomic E-state index is 14.6. The third-order valence-electron chi connectivity index (χ3n) is 5.27. The Morgan fingerprint density at radius 1 is 1.36 bits per heavy atom. The summed E-state index contributed by atoms with van der Waals surface area (Å²) in [5.41, 5.74) is 5.99. The largest absolute Gasteiger partial charge is 0.477 e. The quantitative estimate of drug-likeness (QED) is 0.536. The third-order valence-corrected chi connectivity index (χ3v) is 5.27. The van der Waals surface area contributed by atoms with Crippen molar-refractivity contribution < 1.29 is 14.3 Å². The minimum atomic E-state index is -1.29. The van der Waals surface area contributed by atoms with Crippen molar-refractivity contribution in [3.8, 4) is 0 Å². The van der Waals surface area contributed by atoms with Crippen LogP contribution in [0.5, 0.6) is 0 Å². The molecule has 1 aromatic carbocycles. The first kappa shape index (κ1) is 20.3. The van der Waals surface area contributed by atoms with Crippen LogP contribution < -0.4 is 16.5 Å². The van der Waals surface area contributed by atoms with E-state index in [1.54, 1.807) is 10.6 Å². The number of carboxylic acids is 1. The molecule has 0 aliphatic heterocycles. The van der Waals surface area contributed by atoms with Crippen LogP contribution in [0, 0.1) is 5.82 Å². The van der Waals surface area contributed by atoms with Crippen molar-refractivity contribution in [2.75, 3.05) is 11.9 Å². The zero-order valence-corrected chi connectivity index (χ0v) is 16.2. The number of carbonyl (C=O) groups is 1. The summed E-state index contributed by atoms with van der Waals surface area (Å²) in [7, 11) is 0. The van der Waals surface area contributed by atoms with Gasteiger partial charge in [0.2, 0.25) is 5.43 Å². The third kappa shape index (κ3) is 4.52. The number of unbranched alkanes of at least 4 members (excludes halogenated alkanes) is 3. The molecule has 1 heterocycles. The van der Waals surface area contributed by atoms with Crippen molar-refractivity contribution in [3.63, 3.8) is 0 Å². The van der Waals surface area contributed by atoms with Gasteiger partial charge < -0.3 is 20.7 Å². The molecule has 1 aliphatic rings. The number of halogens is 1. The topological polar surface area (TPSA) is 97.3 Å². The van der Waals surface area contributed by atoms with Crippen molar-refractivity contribution in [2.24, 2.45) is 5.73 Å². The molecule has 1 aliphatic carbocycles. The summed E-state index contributed by atoms with van der Waals surface area (Å²) in [6, 6.07) is 2.81. The molecule has 4 N–H and O–H groups in total. The smallest absolute Gasteiger partial charge is 0.341 e. The second-order valence-corrected chi connectivity index (χ2v) is 7.66. The van der Waals surface area contributed by atoms with Crippen molar-refractivity contribution in [3.05, 3.63) is 39.9 Å². The number of aromatic nitrogens is 1. The maximum Gasteiger partial charge on any atom is 0.341 e. The van der Waals surface area contributed by atoms with Gasteiger partial charge in [0.25, 0.3) is 0 Å². The lowest BCUT2D eigenvalue weighted by Gasteiger charge is -2.17. The molecule has 0 bridgehead atoms. The Bertz CT molecular complexity index is 921. The van der Waals surface area contributed by atoms with Gasteiger partial charge in [-0.15, -0.1) is 0 Å². The van der Waals surface area contributed by atoms with E-state index in [0.717, 1.165) is 38.2 Å². The van der Waals surface area contributed by atoms with Crippen LogP contribution in [-0.2, 0) is 0 Å². The van der Waals surface area contributed by atoms with Crippen LogP contribution in [0.2, 0.25) is 0 Å². The van der Waals surface area contributed by atoms with Crippen LogP contribution >= 0.6 is 0 Å². The van der Waals surface area contributed by atoms with Crippen molar-refractivity contribution >= 4 is 22.6 Å². The summed E-state index contributed by atoms with van der Waals surface area (Å²) in [6.07, 6.45) is 8.64. The van der Waals surface area contributed by atoms with Crippen LogP contribution in [0.25, 0.3) is 10.9 Å². The van der Waals surface area contributed by atoms with Gasteiger partial charge in [0.1, 0.15) is 11.4 Å². The van der Waals surface area contributed by atoms with Crippen molar-refractivity contribution in [2.45, 2.75) is 64.0 Å². The minimum Gasteiger partial charge on any atom is -0.477 e. The van der Waals surface area contributed by atoms with Crippen molar-refractivity contribution in [1.29, 1.82) is 0 Å². The summed E-state index contributed by atoms with van der Waals surface area (Å²) in [5.74, 6) is -1.87. The second-order valence-electron chi connectivity index (χ2n) is 7.66. The van der Waals surface area contributed by atoms with Gasteiger partial charge >= 0.3 is 5.97 Å². The predicted molar refractivity (Wildman–Crippen MR) is 109 cm³/mol. The lowest BCUT2D eigenvalue weighted by Crippen LogP contribution is -2.29. The molecule has 1 atom stereocenters. The second kappa shape index (κ2) is 8.73. The number of nitrogens with one attached hydrogen (secondary N) is 1. The fourth-order valence-corrected chi connectivity index (χ4v) is 3.49. The van der Waals surface area contributed by atoms with Gasteiger partial charge in [-0.2, -0.15) is 0 Å². The molecule has 28 heavy (non-hydrogen) atoms. The lowest BCUT2D eigenvalue weighted by atomic mass is 10.1. The monoisotopic (exact) mass is 389 g/mol. The van der Waals surface area contributed by atoms with Crippen LogP contribution in [0.4, 0.5) is 10.1 Å². The standard InChI is InChI=1S/C21H28FN3O3/c1-2-3-4-5-6-13(23)11-24-18-10-19-15(9-17(18)22)20(26)16(21(27)28)12-25(19)14-7-8-14/h9-10,12-14,24H,2-8,11,23H2,1H3,(H,27,28). The van der Waals surface area contributed by atoms with Gasteiger partial charge in [-0.3, -0.25) is 4.79 Å². The van der Waals surface area contributed by atoms with Crippen LogP contribution in [0.15, 0.2) is 23.1 Å². The molecule has 1 saturated carbocycles. The molecule has 0 saturated heterocycles. The SMILES string of the molecule is CCCCCCC(N)CNc1cc2c(cc1F)c(=O)c(C(=O)O)cn2C1CC1. The first-order chi connectivity index (χ1) is 13.4. The number of carboxylic acid groups (broad SMARTS) is 1. The van der Waals surface area contributed by atoms with E-state index in [1.165, 1.54) is 19.0 Å². The Balaban J connectivity index is 1.84. The average Bonchev–Trinajstić information content (AvgIpc) is 3.49. The van der Waals surface area contributed by atoms with Gasteiger partial charge in [-0.1, -0.05) is 32.6 Å². The molecule has 3 rings (SSSR count). The van der Waals surface area contributed by atoms with E-state index >= 15 is 0 Å². The van der Waals surface area contributed by atoms with E-state index in [1.807, 2.05) is 0 Å². The Morgan fingerprint density at radius 2 is 2.11 bits per heavy atom. The number of benzene rings is 1. The van der Waals surface area contributed by atoms with Gasteiger partial charge in [0.15, 0.2) is 0 Å². The van der Waals surface area contributed by atoms with Crippen LogP contribution in [0.3, 0.4) is 0 Å². The Kier molecular flexibility index (Phi) is 6.34. The highest BCUT2D eigenvalue weighted by molar-refractivity contribution is 5.93. The molecule has 1 fully saturated rings. The van der Waals surface area contributed by atoms with E-state index < -0.39 is 17.2 Å². The summed E-state index contributed by atoms with van der Waals surface area (Å²) < 4.78 is 16.4. The molecule has 2 aromatic rings. The zero-order chi connectivity index (χ0) is 20.3. The number of hydrogen-bond acceptors (Lipinski definition) is 4. The number of fused-ring (bicyclic) bond motifs is 1. The molecule has 6 nitrogen and oxygen atoms in total. The number of aromatic carboxylic acids is 1. The number of pyridine rings is 1. The first-order valence-electron chi connectivity index (χ1n) is 10.0. The zero-order valence-electron chi connectivity index (χ0n) is 16.2. The molecule has 1 aromatic heterocycles. The summed E-state index contributed by atoms with van der Waals surface area (Å²) in [6.45, 7) is 2.60. The highest BCUT2D eigenvalue weighted by Crippen LogP contribution is 2.37.